The van der Waals surface area contributed by atoms with Crippen LogP contribution in [0.3, 0.4) is 0 Å². The van der Waals surface area contributed by atoms with E-state index in [1.807, 2.05) is 30.1 Å². The van der Waals surface area contributed by atoms with E-state index >= 15 is 0 Å². The number of hydrogen-bond donors (Lipinski definition) is 1. The normalized spacial score (nSPS) is 10.7. The predicted octanol–water partition coefficient (Wildman–Crippen LogP) is 3.07. The van der Waals surface area contributed by atoms with E-state index in [9.17, 15) is 0 Å². The minimum atomic E-state index is 0.683. The average molecular weight is 280 g/mol. The van der Waals surface area contributed by atoms with E-state index in [0.29, 0.717) is 11.6 Å². The standard InChI is InChI=1S/C14H18ClN3O/c1-3-16-8-11-7-14(17-9-13(11)15)18(2)10-12-5-4-6-19-12/h4-7,9,16H,3,8,10H2,1-2H3. The average Bonchev–Trinajstić information content (AvgIpc) is 2.90. The number of nitrogens with one attached hydrogen (secondary N) is 1. The molecule has 1 N–H and O–H groups in total. The topological polar surface area (TPSA) is 41.3 Å². The summed E-state index contributed by atoms with van der Waals surface area (Å²) in [5.41, 5.74) is 1.06. The number of aromatic nitrogens is 1. The minimum Gasteiger partial charge on any atom is -0.467 e. The summed E-state index contributed by atoms with van der Waals surface area (Å²) in [4.78, 5) is 6.38. The number of nitrogens with zero attached hydrogens (tertiary/aromatic N) is 2. The van der Waals surface area contributed by atoms with E-state index in [1.165, 1.54) is 0 Å². The highest BCUT2D eigenvalue weighted by atomic mass is 35.5. The maximum atomic E-state index is 6.14. The summed E-state index contributed by atoms with van der Waals surface area (Å²) < 4.78 is 5.34. The molecule has 102 valence electrons. The Morgan fingerprint density at radius 3 is 3.00 bits per heavy atom. The number of hydrogen-bond acceptors (Lipinski definition) is 4. The van der Waals surface area contributed by atoms with Gasteiger partial charge in [0.15, 0.2) is 0 Å². The summed E-state index contributed by atoms with van der Waals surface area (Å²) >= 11 is 6.14. The second-order valence-corrected chi connectivity index (χ2v) is 4.76. The first-order valence-electron chi connectivity index (χ1n) is 6.29. The van der Waals surface area contributed by atoms with Crippen molar-refractivity contribution in [1.29, 1.82) is 0 Å². The smallest absolute Gasteiger partial charge is 0.129 e. The van der Waals surface area contributed by atoms with Gasteiger partial charge in [0.1, 0.15) is 11.6 Å². The van der Waals surface area contributed by atoms with Crippen LogP contribution in [0.15, 0.2) is 35.1 Å². The van der Waals surface area contributed by atoms with Crippen LogP contribution in [0.25, 0.3) is 0 Å². The summed E-state index contributed by atoms with van der Waals surface area (Å²) in [6.07, 6.45) is 3.37. The van der Waals surface area contributed by atoms with Crippen LogP contribution in [0.1, 0.15) is 18.2 Å². The fraction of sp³-hybridized carbons (Fsp3) is 0.357. The highest BCUT2D eigenvalue weighted by molar-refractivity contribution is 6.31. The number of anilines is 1. The van der Waals surface area contributed by atoms with Crippen LogP contribution in [0.5, 0.6) is 0 Å². The summed E-state index contributed by atoms with van der Waals surface area (Å²) in [5.74, 6) is 1.79. The largest absolute Gasteiger partial charge is 0.467 e. The first-order valence-corrected chi connectivity index (χ1v) is 6.67. The molecule has 0 atom stereocenters. The zero-order chi connectivity index (χ0) is 13.7. The van der Waals surface area contributed by atoms with Crippen LogP contribution in [0, 0.1) is 0 Å². The van der Waals surface area contributed by atoms with Gasteiger partial charge in [-0.3, -0.25) is 0 Å². The molecule has 0 radical (unpaired) electrons. The van der Waals surface area contributed by atoms with Crippen molar-refractivity contribution >= 4 is 17.4 Å². The Hall–Kier alpha value is -1.52. The van der Waals surface area contributed by atoms with Crippen LogP contribution in [-0.4, -0.2) is 18.6 Å². The quantitative estimate of drug-likeness (QED) is 0.882. The molecule has 0 fully saturated rings. The molecule has 0 aromatic carbocycles. The third-order valence-electron chi connectivity index (χ3n) is 2.85. The molecule has 0 aliphatic rings. The fourth-order valence-corrected chi connectivity index (χ4v) is 1.96. The van der Waals surface area contributed by atoms with Gasteiger partial charge >= 0.3 is 0 Å². The molecule has 2 aromatic rings. The van der Waals surface area contributed by atoms with E-state index in [0.717, 1.165) is 30.2 Å². The van der Waals surface area contributed by atoms with Crippen molar-refractivity contribution in [2.45, 2.75) is 20.0 Å². The van der Waals surface area contributed by atoms with Gasteiger partial charge < -0.3 is 14.6 Å². The fourth-order valence-electron chi connectivity index (χ4n) is 1.79. The predicted molar refractivity (Wildman–Crippen MR) is 77.4 cm³/mol. The lowest BCUT2D eigenvalue weighted by atomic mass is 10.2. The second-order valence-electron chi connectivity index (χ2n) is 4.35. The van der Waals surface area contributed by atoms with E-state index in [4.69, 9.17) is 16.0 Å². The highest BCUT2D eigenvalue weighted by Gasteiger charge is 2.08. The third kappa shape index (κ3) is 3.72. The summed E-state index contributed by atoms with van der Waals surface area (Å²) in [6.45, 7) is 4.41. The second kappa shape index (κ2) is 6.59. The number of halogens is 1. The maximum Gasteiger partial charge on any atom is 0.129 e. The Bertz CT molecular complexity index is 513. The molecule has 0 unspecified atom stereocenters. The van der Waals surface area contributed by atoms with Gasteiger partial charge in [-0.05, 0) is 30.3 Å². The first-order chi connectivity index (χ1) is 9.20. The molecule has 0 amide bonds. The molecule has 0 saturated heterocycles. The van der Waals surface area contributed by atoms with Crippen molar-refractivity contribution in [3.63, 3.8) is 0 Å². The maximum absolute atomic E-state index is 6.14. The van der Waals surface area contributed by atoms with Gasteiger partial charge in [-0.15, -0.1) is 0 Å². The Morgan fingerprint density at radius 1 is 1.47 bits per heavy atom. The Balaban J connectivity index is 2.10. The van der Waals surface area contributed by atoms with Gasteiger partial charge in [0.25, 0.3) is 0 Å². The first kappa shape index (κ1) is 13.9. The van der Waals surface area contributed by atoms with Crippen molar-refractivity contribution in [2.75, 3.05) is 18.5 Å². The van der Waals surface area contributed by atoms with Crippen LogP contribution >= 0.6 is 11.6 Å². The highest BCUT2D eigenvalue weighted by Crippen LogP contribution is 2.21. The van der Waals surface area contributed by atoms with E-state index in [1.54, 1.807) is 12.5 Å². The van der Waals surface area contributed by atoms with E-state index in [2.05, 4.69) is 17.2 Å². The molecule has 2 rings (SSSR count). The molecule has 0 saturated carbocycles. The Kier molecular flexibility index (Phi) is 4.82. The SMILES string of the molecule is CCNCc1cc(N(C)Cc2ccco2)ncc1Cl. The van der Waals surface area contributed by atoms with Crippen molar-refractivity contribution in [1.82, 2.24) is 10.3 Å². The number of furan rings is 1. The molecule has 2 heterocycles. The summed E-state index contributed by atoms with van der Waals surface area (Å²) in [6, 6.07) is 5.84. The van der Waals surface area contributed by atoms with Crippen molar-refractivity contribution in [2.24, 2.45) is 0 Å². The number of pyridine rings is 1. The monoisotopic (exact) mass is 279 g/mol. The van der Waals surface area contributed by atoms with Crippen molar-refractivity contribution in [3.8, 4) is 0 Å². The van der Waals surface area contributed by atoms with E-state index in [-0.39, 0.29) is 0 Å². The Labute approximate surface area is 118 Å². The molecule has 0 aliphatic heterocycles. The zero-order valence-electron chi connectivity index (χ0n) is 11.2. The molecule has 0 aliphatic carbocycles. The Morgan fingerprint density at radius 2 is 2.32 bits per heavy atom. The van der Waals surface area contributed by atoms with Gasteiger partial charge in [0.05, 0.1) is 17.8 Å². The van der Waals surface area contributed by atoms with Crippen LogP contribution < -0.4 is 10.2 Å². The molecular weight excluding hydrogens is 262 g/mol. The molecular formula is C14H18ClN3O. The zero-order valence-corrected chi connectivity index (χ0v) is 11.9. The van der Waals surface area contributed by atoms with Gasteiger partial charge in [0.2, 0.25) is 0 Å². The van der Waals surface area contributed by atoms with Crippen molar-refractivity contribution < 1.29 is 4.42 Å². The van der Waals surface area contributed by atoms with Crippen molar-refractivity contribution in [3.05, 3.63) is 47.0 Å². The molecule has 0 bridgehead atoms. The molecule has 2 aromatic heterocycles. The third-order valence-corrected chi connectivity index (χ3v) is 3.19. The minimum absolute atomic E-state index is 0.683. The van der Waals surface area contributed by atoms with E-state index < -0.39 is 0 Å². The summed E-state index contributed by atoms with van der Waals surface area (Å²) in [5, 5.41) is 3.96. The van der Waals surface area contributed by atoms with Crippen LogP contribution in [0.2, 0.25) is 5.02 Å². The molecule has 4 nitrogen and oxygen atoms in total. The lowest BCUT2D eigenvalue weighted by Gasteiger charge is -2.18. The molecule has 0 spiro atoms. The number of rotatable bonds is 6. The van der Waals surface area contributed by atoms with Crippen LogP contribution in [0.4, 0.5) is 5.82 Å². The van der Waals surface area contributed by atoms with Gasteiger partial charge in [-0.2, -0.15) is 0 Å². The molecule has 5 heteroatoms. The lowest BCUT2D eigenvalue weighted by molar-refractivity contribution is 0.507. The van der Waals surface area contributed by atoms with Crippen LogP contribution in [-0.2, 0) is 13.1 Å². The lowest BCUT2D eigenvalue weighted by Crippen LogP contribution is -2.18. The van der Waals surface area contributed by atoms with Gasteiger partial charge in [-0.1, -0.05) is 18.5 Å². The van der Waals surface area contributed by atoms with Gasteiger partial charge in [0, 0.05) is 19.8 Å². The molecule has 19 heavy (non-hydrogen) atoms. The van der Waals surface area contributed by atoms with Gasteiger partial charge in [-0.25, -0.2) is 4.98 Å². The summed E-state index contributed by atoms with van der Waals surface area (Å²) in [7, 11) is 1.98.